The molecule has 176 valence electrons. The summed E-state index contributed by atoms with van der Waals surface area (Å²) in [5.41, 5.74) is 2.25. The Labute approximate surface area is 189 Å². The molecule has 0 radical (unpaired) electrons. The molecule has 31 heavy (non-hydrogen) atoms. The van der Waals surface area contributed by atoms with E-state index in [-0.39, 0.29) is 29.9 Å². The van der Waals surface area contributed by atoms with Crippen molar-refractivity contribution in [2.45, 2.75) is 116 Å². The highest BCUT2D eigenvalue weighted by molar-refractivity contribution is 5.73. The van der Waals surface area contributed by atoms with Gasteiger partial charge in [0.05, 0.1) is 0 Å². The van der Waals surface area contributed by atoms with Crippen LogP contribution >= 0.6 is 0 Å². The van der Waals surface area contributed by atoms with E-state index in [1.54, 1.807) is 6.92 Å². The summed E-state index contributed by atoms with van der Waals surface area (Å²) >= 11 is 0. The van der Waals surface area contributed by atoms with Gasteiger partial charge < -0.3 is 15.5 Å². The second-order valence-electron chi connectivity index (χ2n) is 10.3. The molecule has 1 fully saturated rings. The van der Waals surface area contributed by atoms with Crippen LogP contribution in [0.1, 0.15) is 115 Å². The van der Waals surface area contributed by atoms with Gasteiger partial charge in [-0.2, -0.15) is 0 Å². The van der Waals surface area contributed by atoms with Crippen molar-refractivity contribution in [2.75, 3.05) is 6.61 Å². The monoisotopic (exact) mass is 431 g/mol. The highest BCUT2D eigenvalue weighted by Gasteiger charge is 2.32. The highest BCUT2D eigenvalue weighted by Crippen LogP contribution is 2.43. The molecule has 0 heterocycles. The van der Waals surface area contributed by atoms with Gasteiger partial charge in [0.2, 0.25) is 5.91 Å². The molecular weight excluding hydrogens is 386 g/mol. The average molecular weight is 432 g/mol. The minimum atomic E-state index is 0.0157. The van der Waals surface area contributed by atoms with E-state index in [4.69, 9.17) is 0 Å². The molecule has 1 saturated carbocycles. The minimum absolute atomic E-state index is 0.0157. The number of benzene rings is 1. The largest absolute Gasteiger partial charge is 0.508 e. The third kappa shape index (κ3) is 7.82. The van der Waals surface area contributed by atoms with E-state index in [0.717, 1.165) is 50.5 Å². The Morgan fingerprint density at radius 3 is 2.58 bits per heavy atom. The lowest BCUT2D eigenvalue weighted by molar-refractivity contribution is -0.119. The SMILES string of the molecule is CCCCCCC(C)(C)c1ccc(C2CC(NC(C)=O)CCCC2CCCO)c(O)c1. The fourth-order valence-corrected chi connectivity index (χ4v) is 5.36. The molecule has 1 amide bonds. The van der Waals surface area contributed by atoms with Gasteiger partial charge in [0.25, 0.3) is 0 Å². The Kier molecular flexibility index (Phi) is 10.3. The summed E-state index contributed by atoms with van der Waals surface area (Å²) in [6.45, 7) is 8.57. The van der Waals surface area contributed by atoms with Gasteiger partial charge in [-0.25, -0.2) is 0 Å². The van der Waals surface area contributed by atoms with Crippen LogP contribution in [0.3, 0.4) is 0 Å². The topological polar surface area (TPSA) is 69.6 Å². The molecule has 1 aliphatic carbocycles. The molecule has 4 heteroatoms. The smallest absolute Gasteiger partial charge is 0.217 e. The molecule has 0 aliphatic heterocycles. The number of rotatable bonds is 11. The molecule has 3 unspecified atom stereocenters. The summed E-state index contributed by atoms with van der Waals surface area (Å²) in [4.78, 5) is 11.7. The maximum Gasteiger partial charge on any atom is 0.217 e. The third-order valence-corrected chi connectivity index (χ3v) is 7.24. The second kappa shape index (κ2) is 12.5. The Balaban J connectivity index is 2.23. The van der Waals surface area contributed by atoms with Crippen LogP contribution in [0, 0.1) is 5.92 Å². The predicted octanol–water partition coefficient (Wildman–Crippen LogP) is 6.19. The summed E-state index contributed by atoms with van der Waals surface area (Å²) in [5, 5.41) is 23.6. The van der Waals surface area contributed by atoms with Crippen molar-refractivity contribution in [3.8, 4) is 5.75 Å². The summed E-state index contributed by atoms with van der Waals surface area (Å²) in [5.74, 6) is 1.03. The van der Waals surface area contributed by atoms with Crippen molar-refractivity contribution in [3.05, 3.63) is 29.3 Å². The Hall–Kier alpha value is -1.55. The zero-order chi connectivity index (χ0) is 22.9. The normalized spacial score (nSPS) is 22.2. The zero-order valence-electron chi connectivity index (χ0n) is 20.3. The minimum Gasteiger partial charge on any atom is -0.508 e. The van der Waals surface area contributed by atoms with Crippen LogP contribution in [0.5, 0.6) is 5.75 Å². The molecule has 1 aromatic rings. The maximum absolute atomic E-state index is 11.7. The van der Waals surface area contributed by atoms with Crippen LogP contribution in [0.2, 0.25) is 0 Å². The van der Waals surface area contributed by atoms with Gasteiger partial charge in [-0.1, -0.05) is 65.0 Å². The number of unbranched alkanes of at least 4 members (excludes halogenated alkanes) is 3. The molecule has 3 N–H and O–H groups in total. The van der Waals surface area contributed by atoms with Crippen molar-refractivity contribution in [1.29, 1.82) is 0 Å². The second-order valence-corrected chi connectivity index (χ2v) is 10.3. The Bertz CT molecular complexity index is 685. The first-order valence-electron chi connectivity index (χ1n) is 12.5. The van der Waals surface area contributed by atoms with Crippen molar-refractivity contribution < 1.29 is 15.0 Å². The number of hydrogen-bond donors (Lipinski definition) is 3. The summed E-state index contributed by atoms with van der Waals surface area (Å²) in [7, 11) is 0. The molecule has 0 aromatic heterocycles. The van der Waals surface area contributed by atoms with Crippen LogP contribution < -0.4 is 5.32 Å². The first-order valence-corrected chi connectivity index (χ1v) is 12.5. The van der Waals surface area contributed by atoms with E-state index >= 15 is 0 Å². The first-order chi connectivity index (χ1) is 14.8. The summed E-state index contributed by atoms with van der Waals surface area (Å²) < 4.78 is 0. The van der Waals surface area contributed by atoms with Crippen LogP contribution in [0.25, 0.3) is 0 Å². The van der Waals surface area contributed by atoms with Gasteiger partial charge in [0.1, 0.15) is 5.75 Å². The number of phenols is 1. The maximum atomic E-state index is 11.7. The van der Waals surface area contributed by atoms with Crippen molar-refractivity contribution in [1.82, 2.24) is 5.32 Å². The number of aliphatic hydroxyl groups is 1. The van der Waals surface area contributed by atoms with E-state index < -0.39 is 0 Å². The Morgan fingerprint density at radius 2 is 1.94 bits per heavy atom. The molecule has 3 atom stereocenters. The number of carbonyl (C=O) groups is 1. The van der Waals surface area contributed by atoms with Gasteiger partial charge in [0, 0.05) is 19.6 Å². The lowest BCUT2D eigenvalue weighted by Crippen LogP contribution is -2.34. The van der Waals surface area contributed by atoms with Crippen molar-refractivity contribution in [3.63, 3.8) is 0 Å². The molecule has 1 aliphatic rings. The molecule has 1 aromatic carbocycles. The Morgan fingerprint density at radius 1 is 1.16 bits per heavy atom. The van der Waals surface area contributed by atoms with Gasteiger partial charge in [-0.15, -0.1) is 0 Å². The number of nitrogens with one attached hydrogen (secondary N) is 1. The number of aliphatic hydroxyl groups excluding tert-OH is 1. The predicted molar refractivity (Wildman–Crippen MR) is 129 cm³/mol. The lowest BCUT2D eigenvalue weighted by atomic mass is 9.76. The quantitative estimate of drug-likeness (QED) is 0.289. The van der Waals surface area contributed by atoms with E-state index in [0.29, 0.717) is 11.7 Å². The van der Waals surface area contributed by atoms with Crippen molar-refractivity contribution in [2.24, 2.45) is 5.92 Å². The van der Waals surface area contributed by atoms with Crippen LogP contribution in [0.4, 0.5) is 0 Å². The standard InChI is InChI=1S/C27H45NO3/c1-5-6-7-8-16-27(3,4)22-14-15-24(26(31)18-22)25-19-23(28-20(2)30)13-9-11-21(25)12-10-17-29/h14-15,18,21,23,25,29,31H,5-13,16-17,19H2,1-4H3,(H,28,30). The third-order valence-electron chi connectivity index (χ3n) is 7.24. The number of hydrogen-bond acceptors (Lipinski definition) is 3. The van der Waals surface area contributed by atoms with E-state index in [1.807, 2.05) is 6.07 Å². The van der Waals surface area contributed by atoms with Gasteiger partial charge in [-0.3, -0.25) is 4.79 Å². The zero-order valence-corrected chi connectivity index (χ0v) is 20.3. The molecule has 0 spiro atoms. The number of carbonyl (C=O) groups excluding carboxylic acids is 1. The fraction of sp³-hybridized carbons (Fsp3) is 0.741. The molecule has 0 bridgehead atoms. The van der Waals surface area contributed by atoms with Gasteiger partial charge in [0.15, 0.2) is 0 Å². The van der Waals surface area contributed by atoms with Crippen LogP contribution in [-0.4, -0.2) is 28.8 Å². The van der Waals surface area contributed by atoms with Gasteiger partial charge in [-0.05, 0) is 73.0 Å². The highest BCUT2D eigenvalue weighted by atomic mass is 16.3. The lowest BCUT2D eigenvalue weighted by Gasteiger charge is -2.30. The average Bonchev–Trinajstić information content (AvgIpc) is 2.91. The molecule has 0 saturated heterocycles. The first kappa shape index (κ1) is 25.7. The van der Waals surface area contributed by atoms with Crippen LogP contribution in [-0.2, 0) is 10.2 Å². The van der Waals surface area contributed by atoms with E-state index in [9.17, 15) is 15.0 Å². The number of aromatic hydroxyl groups is 1. The van der Waals surface area contributed by atoms with E-state index in [2.05, 4.69) is 38.2 Å². The van der Waals surface area contributed by atoms with Gasteiger partial charge >= 0.3 is 0 Å². The molecular formula is C27H45NO3. The van der Waals surface area contributed by atoms with E-state index in [1.165, 1.54) is 31.2 Å². The van der Waals surface area contributed by atoms with Crippen molar-refractivity contribution >= 4 is 5.91 Å². The van der Waals surface area contributed by atoms with Crippen LogP contribution in [0.15, 0.2) is 18.2 Å². The summed E-state index contributed by atoms with van der Waals surface area (Å²) in [6, 6.07) is 6.47. The molecule has 4 nitrogen and oxygen atoms in total. The number of phenolic OH excluding ortho intramolecular Hbond substituents is 1. The summed E-state index contributed by atoms with van der Waals surface area (Å²) in [6.07, 6.45) is 11.9. The fourth-order valence-electron chi connectivity index (χ4n) is 5.36. The molecule has 2 rings (SSSR count). The number of amides is 1.